The fraction of sp³-hybridized carbons (Fsp3) is 0.529. The summed E-state index contributed by atoms with van der Waals surface area (Å²) in [6.45, 7) is 2.01. The summed E-state index contributed by atoms with van der Waals surface area (Å²) in [5.74, 6) is -0.175. The Bertz CT molecular complexity index is 670. The largest absolute Gasteiger partial charge is 0.327 e. The van der Waals surface area contributed by atoms with Crippen LogP contribution in [0.3, 0.4) is 0 Å². The first-order chi connectivity index (χ1) is 11.9. The highest BCUT2D eigenvalue weighted by molar-refractivity contribution is 6.06. The molecule has 25 heavy (non-hydrogen) atoms. The molecule has 0 radical (unpaired) electrons. The van der Waals surface area contributed by atoms with Gasteiger partial charge in [-0.2, -0.15) is 0 Å². The minimum Gasteiger partial charge on any atom is -0.325 e. The second kappa shape index (κ2) is 6.79. The van der Waals surface area contributed by atoms with Gasteiger partial charge in [-0.25, -0.2) is 4.79 Å². The monoisotopic (exact) mass is 345 g/mol. The van der Waals surface area contributed by atoms with E-state index in [0.717, 1.165) is 0 Å². The molecule has 2 saturated heterocycles. The van der Waals surface area contributed by atoms with E-state index in [9.17, 15) is 14.4 Å². The van der Waals surface area contributed by atoms with Crippen molar-refractivity contribution in [3.05, 3.63) is 24.5 Å². The van der Waals surface area contributed by atoms with Gasteiger partial charge in [0.25, 0.3) is 5.91 Å². The molecule has 134 valence electrons. The first-order valence-corrected chi connectivity index (χ1v) is 8.42. The Morgan fingerprint density at radius 1 is 1.28 bits per heavy atom. The number of carbonyl (C=O) groups excluding carboxylic acids is 3. The molecule has 3 heterocycles. The Morgan fingerprint density at radius 3 is 2.56 bits per heavy atom. The van der Waals surface area contributed by atoms with Crippen LogP contribution in [0.2, 0.25) is 0 Å². The minimum absolute atomic E-state index is 0.0581. The van der Waals surface area contributed by atoms with Gasteiger partial charge < -0.3 is 15.1 Å². The maximum absolute atomic E-state index is 12.5. The smallest absolute Gasteiger partial charge is 0.325 e. The number of nitrogens with zero attached hydrogens (tertiary/aromatic N) is 4. The molecular weight excluding hydrogens is 322 g/mol. The zero-order chi connectivity index (χ0) is 18.0. The molecule has 4 amide bonds. The normalized spacial score (nSPS) is 20.4. The van der Waals surface area contributed by atoms with Crippen molar-refractivity contribution in [3.63, 3.8) is 0 Å². The summed E-state index contributed by atoms with van der Waals surface area (Å²) in [7, 11) is 3.23. The number of amides is 4. The number of anilines is 1. The van der Waals surface area contributed by atoms with E-state index in [1.807, 2.05) is 0 Å². The molecule has 2 fully saturated rings. The average Bonchev–Trinajstić information content (AvgIpc) is 2.78. The Kier molecular flexibility index (Phi) is 4.71. The molecule has 1 aromatic heterocycles. The Labute approximate surface area is 146 Å². The highest BCUT2D eigenvalue weighted by atomic mass is 16.2. The lowest BCUT2D eigenvalue weighted by Crippen LogP contribution is -2.55. The van der Waals surface area contributed by atoms with Gasteiger partial charge in [-0.05, 0) is 25.0 Å². The quantitative estimate of drug-likeness (QED) is 0.815. The molecule has 2 aliphatic rings. The van der Waals surface area contributed by atoms with Crippen molar-refractivity contribution in [2.45, 2.75) is 24.8 Å². The van der Waals surface area contributed by atoms with Gasteiger partial charge in [0.15, 0.2) is 0 Å². The van der Waals surface area contributed by atoms with Crippen molar-refractivity contribution in [2.24, 2.45) is 0 Å². The van der Waals surface area contributed by atoms with Crippen molar-refractivity contribution in [2.75, 3.05) is 39.0 Å². The fourth-order valence-electron chi connectivity index (χ4n) is 3.57. The van der Waals surface area contributed by atoms with Crippen LogP contribution in [-0.2, 0) is 9.59 Å². The van der Waals surface area contributed by atoms with Crippen LogP contribution in [0.15, 0.2) is 24.5 Å². The maximum Gasteiger partial charge on any atom is 0.327 e. The van der Waals surface area contributed by atoms with E-state index in [4.69, 9.17) is 0 Å². The lowest BCUT2D eigenvalue weighted by molar-refractivity contribution is -0.134. The summed E-state index contributed by atoms with van der Waals surface area (Å²) in [6.07, 6.45) is 4.84. The SMILES string of the molecule is CN1C(=O)N(C)C2(CCN(CCC(=O)Nc3cccnc3)CC2)C1=O. The van der Waals surface area contributed by atoms with Crippen LogP contribution in [0.25, 0.3) is 0 Å². The van der Waals surface area contributed by atoms with Gasteiger partial charge in [0.05, 0.1) is 11.9 Å². The molecule has 2 aliphatic heterocycles. The highest BCUT2D eigenvalue weighted by Gasteiger charge is 2.55. The number of likely N-dealkylation sites (tertiary alicyclic amines) is 1. The number of nitrogens with one attached hydrogen (secondary N) is 1. The van der Waals surface area contributed by atoms with Gasteiger partial charge in [0, 0.05) is 46.3 Å². The fourth-order valence-corrected chi connectivity index (χ4v) is 3.57. The minimum atomic E-state index is -0.708. The van der Waals surface area contributed by atoms with Gasteiger partial charge in [-0.15, -0.1) is 0 Å². The number of urea groups is 1. The van der Waals surface area contributed by atoms with E-state index in [1.165, 1.54) is 11.9 Å². The lowest BCUT2D eigenvalue weighted by Gasteiger charge is -2.40. The molecule has 0 unspecified atom stereocenters. The van der Waals surface area contributed by atoms with E-state index in [2.05, 4.69) is 15.2 Å². The third kappa shape index (κ3) is 3.21. The van der Waals surface area contributed by atoms with Crippen LogP contribution in [0, 0.1) is 0 Å². The van der Waals surface area contributed by atoms with Crippen LogP contribution in [0.1, 0.15) is 19.3 Å². The molecule has 3 rings (SSSR count). The van der Waals surface area contributed by atoms with Gasteiger partial charge >= 0.3 is 6.03 Å². The van der Waals surface area contributed by atoms with E-state index in [1.54, 1.807) is 36.5 Å². The molecule has 8 nitrogen and oxygen atoms in total. The Balaban J connectivity index is 1.49. The van der Waals surface area contributed by atoms with Gasteiger partial charge in [-0.3, -0.25) is 19.5 Å². The second-order valence-corrected chi connectivity index (χ2v) is 6.62. The number of hydrogen-bond donors (Lipinski definition) is 1. The Hall–Kier alpha value is -2.48. The van der Waals surface area contributed by atoms with E-state index in [-0.39, 0.29) is 17.8 Å². The van der Waals surface area contributed by atoms with Crippen molar-refractivity contribution in [1.29, 1.82) is 0 Å². The zero-order valence-electron chi connectivity index (χ0n) is 14.6. The maximum atomic E-state index is 12.5. The predicted molar refractivity (Wildman–Crippen MR) is 91.8 cm³/mol. The topological polar surface area (TPSA) is 85.8 Å². The number of hydrogen-bond acceptors (Lipinski definition) is 5. The number of aromatic nitrogens is 1. The number of likely N-dealkylation sites (N-methyl/N-ethyl adjacent to an activating group) is 2. The molecule has 1 N–H and O–H groups in total. The molecule has 1 aromatic rings. The molecule has 0 aromatic carbocycles. The summed E-state index contributed by atoms with van der Waals surface area (Å²) in [5.41, 5.74) is -0.0230. The van der Waals surface area contributed by atoms with Crippen LogP contribution in [0.4, 0.5) is 10.5 Å². The third-order valence-electron chi connectivity index (χ3n) is 5.20. The second-order valence-electron chi connectivity index (χ2n) is 6.62. The molecule has 0 saturated carbocycles. The standard InChI is InChI=1S/C17H23N5O3/c1-20-15(24)17(21(2)16(20)25)6-10-22(11-7-17)9-5-14(23)19-13-4-3-8-18-12-13/h3-4,8,12H,5-7,9-11H2,1-2H3,(H,19,23). The van der Waals surface area contributed by atoms with Crippen LogP contribution < -0.4 is 5.32 Å². The predicted octanol–water partition coefficient (Wildman–Crippen LogP) is 0.769. The average molecular weight is 345 g/mol. The summed E-state index contributed by atoms with van der Waals surface area (Å²) < 4.78 is 0. The van der Waals surface area contributed by atoms with Crippen molar-refractivity contribution in [1.82, 2.24) is 19.7 Å². The van der Waals surface area contributed by atoms with Crippen LogP contribution in [0.5, 0.6) is 0 Å². The molecule has 8 heteroatoms. The lowest BCUT2D eigenvalue weighted by atomic mass is 9.86. The number of carbonyl (C=O) groups is 3. The Morgan fingerprint density at radius 2 is 2.00 bits per heavy atom. The van der Waals surface area contributed by atoms with Crippen LogP contribution >= 0.6 is 0 Å². The summed E-state index contributed by atoms with van der Waals surface area (Å²) in [6, 6.07) is 3.33. The van der Waals surface area contributed by atoms with Crippen molar-refractivity contribution in [3.8, 4) is 0 Å². The van der Waals surface area contributed by atoms with Gasteiger partial charge in [0.1, 0.15) is 5.54 Å². The van der Waals surface area contributed by atoms with E-state index in [0.29, 0.717) is 44.6 Å². The number of pyridine rings is 1. The summed E-state index contributed by atoms with van der Waals surface area (Å²) in [4.78, 5) is 45.4. The van der Waals surface area contributed by atoms with Crippen molar-refractivity contribution < 1.29 is 14.4 Å². The van der Waals surface area contributed by atoms with Crippen LogP contribution in [-0.4, -0.2) is 76.8 Å². The van der Waals surface area contributed by atoms with E-state index >= 15 is 0 Å². The highest BCUT2D eigenvalue weighted by Crippen LogP contribution is 2.35. The molecule has 0 atom stereocenters. The number of piperidine rings is 1. The zero-order valence-corrected chi connectivity index (χ0v) is 14.6. The first kappa shape index (κ1) is 17.3. The molecule has 0 aliphatic carbocycles. The summed E-state index contributed by atoms with van der Waals surface area (Å²) >= 11 is 0. The molecule has 0 bridgehead atoms. The van der Waals surface area contributed by atoms with Gasteiger partial charge in [-0.1, -0.05) is 0 Å². The molecular formula is C17H23N5O3. The first-order valence-electron chi connectivity index (χ1n) is 8.42. The van der Waals surface area contributed by atoms with E-state index < -0.39 is 5.54 Å². The van der Waals surface area contributed by atoms with Crippen molar-refractivity contribution >= 4 is 23.5 Å². The summed E-state index contributed by atoms with van der Waals surface area (Å²) in [5, 5.41) is 2.81. The van der Waals surface area contributed by atoms with Gasteiger partial charge in [0.2, 0.25) is 5.91 Å². The third-order valence-corrected chi connectivity index (χ3v) is 5.20. The number of imide groups is 1. The molecule has 1 spiro atoms. The number of rotatable bonds is 4.